The van der Waals surface area contributed by atoms with E-state index >= 15 is 8.78 Å². The Morgan fingerprint density at radius 3 is 2.30 bits per heavy atom. The van der Waals surface area contributed by atoms with Crippen LogP contribution in [0.25, 0.3) is 11.3 Å². The van der Waals surface area contributed by atoms with Crippen molar-refractivity contribution in [3.05, 3.63) is 82.5 Å². The van der Waals surface area contributed by atoms with Crippen molar-refractivity contribution in [3.63, 3.8) is 0 Å². The SMILES string of the molecule is COCC(C)(C)N(C)CCOc1ccc(CN2C(=O)C(C(=O)Nc3ccc(C(F)(F)F)cc3-c3cc(C(F)(F)F)ncn3)=C(O)C3(CCCC3)N2C)c(F)c1F. The number of aliphatic hydroxyl groups is 1. The Kier molecular flexibility index (Phi) is 12.0. The number of ether oxygens (including phenoxy) is 2. The second kappa shape index (κ2) is 15.9. The third kappa shape index (κ3) is 8.44. The molecule has 2 aromatic carbocycles. The summed E-state index contributed by atoms with van der Waals surface area (Å²) >= 11 is 0. The highest BCUT2D eigenvalue weighted by Crippen LogP contribution is 2.45. The first-order valence-electron chi connectivity index (χ1n) is 17.3. The standard InChI is InChI=1S/C37H40F8N6O5/c1-34(2,19-55-5)49(3)14-15-56-26-11-8-21(29(38)30(26)39)18-51-33(54)28(31(52)35(50(51)4)12-6-7-13-35)32(53)48-24-10-9-22(36(40,41)42)16-23(24)25-17-27(37(43,44)45)47-20-46-25/h8-11,16-17,20,52H,6-7,12-15,18-19H2,1-5H3,(H,48,53). The van der Waals surface area contributed by atoms with Crippen molar-refractivity contribution in [1.82, 2.24) is 24.9 Å². The van der Waals surface area contributed by atoms with Crippen molar-refractivity contribution >= 4 is 17.5 Å². The summed E-state index contributed by atoms with van der Waals surface area (Å²) in [5.74, 6) is -6.20. The summed E-state index contributed by atoms with van der Waals surface area (Å²) in [6.45, 7) is 4.01. The molecule has 2 heterocycles. The average Bonchev–Trinajstić information content (AvgIpc) is 3.63. The summed E-state index contributed by atoms with van der Waals surface area (Å²) in [7, 11) is 4.81. The summed E-state index contributed by atoms with van der Waals surface area (Å²) in [6, 6.07) is 4.59. The molecule has 0 radical (unpaired) electrons. The van der Waals surface area contributed by atoms with Crippen LogP contribution in [0.4, 0.5) is 40.8 Å². The molecule has 0 bridgehead atoms. The van der Waals surface area contributed by atoms with E-state index < -0.39 is 87.4 Å². The van der Waals surface area contributed by atoms with E-state index in [0.717, 1.165) is 11.1 Å². The molecule has 5 rings (SSSR count). The molecule has 1 fully saturated rings. The molecule has 11 nitrogen and oxygen atoms in total. The van der Waals surface area contributed by atoms with Crippen molar-refractivity contribution in [2.24, 2.45) is 0 Å². The molecule has 19 heteroatoms. The van der Waals surface area contributed by atoms with E-state index in [1.807, 2.05) is 25.8 Å². The maximum Gasteiger partial charge on any atom is 0.433 e. The average molecular weight is 801 g/mol. The number of aromatic nitrogens is 2. The Labute approximate surface area is 316 Å². The molecule has 1 aromatic heterocycles. The molecule has 3 aromatic rings. The molecule has 1 aliphatic carbocycles. The Bertz CT molecular complexity index is 2000. The second-order valence-electron chi connectivity index (χ2n) is 14.2. The number of hydrogen-bond acceptors (Lipinski definition) is 9. The fourth-order valence-electron chi connectivity index (χ4n) is 6.80. The Balaban J connectivity index is 1.46. The number of likely N-dealkylation sites (N-methyl/N-ethyl adjacent to an activating group) is 2. The number of anilines is 1. The fourth-order valence-corrected chi connectivity index (χ4v) is 6.80. The summed E-state index contributed by atoms with van der Waals surface area (Å²) in [5, 5.41) is 16.1. The fraction of sp³-hybridized carbons (Fsp3) is 0.459. The van der Waals surface area contributed by atoms with Crippen LogP contribution in [-0.4, -0.2) is 93.8 Å². The molecular formula is C37H40F8N6O5. The van der Waals surface area contributed by atoms with Gasteiger partial charge in [0.05, 0.1) is 35.6 Å². The number of halogens is 8. The van der Waals surface area contributed by atoms with E-state index in [1.54, 1.807) is 7.11 Å². The topological polar surface area (TPSA) is 120 Å². The maximum absolute atomic E-state index is 15.6. The summed E-state index contributed by atoms with van der Waals surface area (Å²) in [6.07, 6.45) is -7.93. The third-order valence-electron chi connectivity index (χ3n) is 10.3. The predicted octanol–water partition coefficient (Wildman–Crippen LogP) is 7.15. The van der Waals surface area contributed by atoms with Crippen molar-refractivity contribution in [3.8, 4) is 17.0 Å². The Morgan fingerprint density at radius 2 is 1.68 bits per heavy atom. The zero-order valence-electron chi connectivity index (χ0n) is 31.0. The molecule has 2 N–H and O–H groups in total. The molecule has 0 unspecified atom stereocenters. The van der Waals surface area contributed by atoms with Gasteiger partial charge >= 0.3 is 12.4 Å². The molecular weight excluding hydrogens is 760 g/mol. The van der Waals surface area contributed by atoms with Gasteiger partial charge in [0.2, 0.25) is 5.82 Å². The van der Waals surface area contributed by atoms with Gasteiger partial charge in [-0.2, -0.15) is 30.7 Å². The third-order valence-corrected chi connectivity index (χ3v) is 10.3. The Hall–Kier alpha value is -4.88. The summed E-state index contributed by atoms with van der Waals surface area (Å²) in [4.78, 5) is 36.8. The molecule has 1 spiro atoms. The van der Waals surface area contributed by atoms with E-state index in [0.29, 0.717) is 50.5 Å². The number of aliphatic hydroxyl groups excluding tert-OH is 1. The zero-order chi connectivity index (χ0) is 41.4. The number of nitrogens with zero attached hydrogens (tertiary/aromatic N) is 5. The maximum atomic E-state index is 15.6. The highest BCUT2D eigenvalue weighted by atomic mass is 19.4. The van der Waals surface area contributed by atoms with Gasteiger partial charge in [-0.3, -0.25) is 19.5 Å². The van der Waals surface area contributed by atoms with Crippen LogP contribution in [0.15, 0.2) is 54.1 Å². The van der Waals surface area contributed by atoms with Crippen LogP contribution >= 0.6 is 0 Å². The number of methoxy groups -OCH3 is 1. The number of alkyl halides is 6. The highest BCUT2D eigenvalue weighted by Gasteiger charge is 2.53. The number of carbonyl (C=O) groups is 2. The van der Waals surface area contributed by atoms with Crippen molar-refractivity contribution < 1.29 is 59.3 Å². The number of nitrogens with one attached hydrogen (secondary N) is 1. The molecule has 1 aliphatic heterocycles. The number of benzene rings is 2. The van der Waals surface area contributed by atoms with Crippen molar-refractivity contribution in [2.75, 3.05) is 46.3 Å². The molecule has 304 valence electrons. The van der Waals surface area contributed by atoms with Crippen LogP contribution in [0.5, 0.6) is 5.75 Å². The van der Waals surface area contributed by atoms with Crippen molar-refractivity contribution in [2.45, 2.75) is 69.5 Å². The lowest BCUT2D eigenvalue weighted by Crippen LogP contribution is -2.62. The normalized spacial score (nSPS) is 16.7. The molecule has 0 saturated heterocycles. The summed E-state index contributed by atoms with van der Waals surface area (Å²) in [5.41, 5.74) is -7.36. The van der Waals surface area contributed by atoms with Crippen LogP contribution < -0.4 is 10.1 Å². The lowest BCUT2D eigenvalue weighted by atomic mass is 9.88. The highest BCUT2D eigenvalue weighted by molar-refractivity contribution is 6.24. The Morgan fingerprint density at radius 1 is 1.00 bits per heavy atom. The van der Waals surface area contributed by atoms with Crippen LogP contribution in [0.3, 0.4) is 0 Å². The molecule has 2 aliphatic rings. The first kappa shape index (κ1) is 42.3. The van der Waals surface area contributed by atoms with Gasteiger partial charge in [0.15, 0.2) is 11.6 Å². The van der Waals surface area contributed by atoms with Gasteiger partial charge in [-0.25, -0.2) is 19.4 Å². The van der Waals surface area contributed by atoms with Gasteiger partial charge in [0, 0.05) is 37.4 Å². The number of amides is 2. The zero-order valence-corrected chi connectivity index (χ0v) is 31.0. The van der Waals surface area contributed by atoms with E-state index in [1.165, 1.54) is 24.2 Å². The predicted molar refractivity (Wildman–Crippen MR) is 186 cm³/mol. The number of rotatable bonds is 12. The first-order valence-corrected chi connectivity index (χ1v) is 17.3. The minimum atomic E-state index is -4.99. The van der Waals surface area contributed by atoms with E-state index in [2.05, 4.69) is 15.3 Å². The largest absolute Gasteiger partial charge is 0.509 e. The van der Waals surface area contributed by atoms with Crippen LogP contribution in [0.2, 0.25) is 0 Å². The lowest BCUT2D eigenvalue weighted by Gasteiger charge is -2.48. The monoisotopic (exact) mass is 800 g/mol. The number of carbonyl (C=O) groups excluding carboxylic acids is 2. The smallest absolute Gasteiger partial charge is 0.433 e. The van der Waals surface area contributed by atoms with Gasteiger partial charge in [0.1, 0.15) is 30.0 Å². The number of hydrazine groups is 1. The van der Waals surface area contributed by atoms with E-state index in [4.69, 9.17) is 9.47 Å². The van der Waals surface area contributed by atoms with E-state index in [-0.39, 0.29) is 36.3 Å². The van der Waals surface area contributed by atoms with Crippen molar-refractivity contribution in [1.29, 1.82) is 0 Å². The molecule has 0 atom stereocenters. The van der Waals surface area contributed by atoms with E-state index in [9.17, 15) is 41.0 Å². The van der Waals surface area contributed by atoms with Gasteiger partial charge in [-0.1, -0.05) is 18.9 Å². The molecule has 2 amide bonds. The van der Waals surface area contributed by atoms with Crippen LogP contribution in [0.1, 0.15) is 56.4 Å². The van der Waals surface area contributed by atoms with Gasteiger partial charge < -0.3 is 19.9 Å². The van der Waals surface area contributed by atoms with Gasteiger partial charge in [-0.15, -0.1) is 0 Å². The quantitative estimate of drug-likeness (QED) is 0.146. The van der Waals surface area contributed by atoms with Gasteiger partial charge in [-0.05, 0) is 64.1 Å². The number of hydrogen-bond donors (Lipinski definition) is 2. The minimum Gasteiger partial charge on any atom is -0.509 e. The van der Waals surface area contributed by atoms with Gasteiger partial charge in [0.25, 0.3) is 11.8 Å². The van der Waals surface area contributed by atoms with Crippen LogP contribution in [-0.2, 0) is 33.2 Å². The minimum absolute atomic E-state index is 0.000868. The molecule has 56 heavy (non-hydrogen) atoms. The second-order valence-corrected chi connectivity index (χ2v) is 14.2. The first-order chi connectivity index (χ1) is 26.1. The summed E-state index contributed by atoms with van der Waals surface area (Å²) < 4.78 is 123. The van der Waals surface area contributed by atoms with Crippen LogP contribution in [0, 0.1) is 11.6 Å². The molecule has 1 saturated carbocycles. The lowest BCUT2D eigenvalue weighted by molar-refractivity contribution is -0.163.